The zero-order chi connectivity index (χ0) is 8.85. The van der Waals surface area contributed by atoms with Crippen LogP contribution in [-0.4, -0.2) is 32.1 Å². The molecular weight excluding hydrogens is 148 g/mol. The largest absolute Gasteiger partial charge is 0.355 e. The van der Waals surface area contributed by atoms with E-state index < -0.39 is 17.9 Å². The minimum Gasteiger partial charge on any atom is -0.355 e. The third-order valence-electron chi connectivity index (χ3n) is 1.27. The molecule has 0 aliphatic carbocycles. The third kappa shape index (κ3) is 3.85. The SMILES string of the molecule is COC(CC(=O)C(C)=O)OC. The summed E-state index contributed by atoms with van der Waals surface area (Å²) in [6.45, 7) is 1.23. The van der Waals surface area contributed by atoms with E-state index in [0.29, 0.717) is 0 Å². The number of hydrogen-bond acceptors (Lipinski definition) is 4. The van der Waals surface area contributed by atoms with Crippen LogP contribution in [0.25, 0.3) is 0 Å². The van der Waals surface area contributed by atoms with Crippen LogP contribution < -0.4 is 0 Å². The van der Waals surface area contributed by atoms with Crippen molar-refractivity contribution in [2.45, 2.75) is 19.6 Å². The highest BCUT2D eigenvalue weighted by molar-refractivity contribution is 6.36. The van der Waals surface area contributed by atoms with Gasteiger partial charge < -0.3 is 9.47 Å². The molecule has 0 aromatic heterocycles. The molecule has 0 atom stereocenters. The van der Waals surface area contributed by atoms with Crippen molar-refractivity contribution in [2.75, 3.05) is 14.2 Å². The Morgan fingerprint density at radius 3 is 2.00 bits per heavy atom. The lowest BCUT2D eigenvalue weighted by Gasteiger charge is -2.10. The molecule has 11 heavy (non-hydrogen) atoms. The summed E-state index contributed by atoms with van der Waals surface area (Å²) in [5.74, 6) is -0.942. The first-order chi connectivity index (χ1) is 5.11. The maximum absolute atomic E-state index is 10.8. The minimum atomic E-state index is -0.605. The summed E-state index contributed by atoms with van der Waals surface area (Å²) in [7, 11) is 2.84. The molecule has 0 aliphatic heterocycles. The molecule has 0 aromatic carbocycles. The number of hydrogen-bond donors (Lipinski definition) is 0. The topological polar surface area (TPSA) is 52.6 Å². The van der Waals surface area contributed by atoms with Gasteiger partial charge in [0.1, 0.15) is 0 Å². The first kappa shape index (κ1) is 10.3. The smallest absolute Gasteiger partial charge is 0.203 e. The van der Waals surface area contributed by atoms with Gasteiger partial charge in [0, 0.05) is 21.1 Å². The van der Waals surface area contributed by atoms with E-state index in [9.17, 15) is 9.59 Å². The van der Waals surface area contributed by atoms with Crippen molar-refractivity contribution in [3.8, 4) is 0 Å². The lowest BCUT2D eigenvalue weighted by atomic mass is 10.2. The predicted molar refractivity (Wildman–Crippen MR) is 38.1 cm³/mol. The number of rotatable bonds is 5. The molecule has 0 N–H and O–H groups in total. The molecule has 0 amide bonds. The zero-order valence-electron chi connectivity index (χ0n) is 6.92. The fourth-order valence-corrected chi connectivity index (χ4v) is 0.558. The lowest BCUT2D eigenvalue weighted by Crippen LogP contribution is -2.21. The number of ether oxygens (including phenoxy) is 2. The van der Waals surface area contributed by atoms with Gasteiger partial charge in [-0.3, -0.25) is 9.59 Å². The highest BCUT2D eigenvalue weighted by Gasteiger charge is 2.14. The van der Waals surface area contributed by atoms with Crippen LogP contribution in [0, 0.1) is 0 Å². The van der Waals surface area contributed by atoms with E-state index in [0.717, 1.165) is 0 Å². The van der Waals surface area contributed by atoms with Crippen LogP contribution in [0.3, 0.4) is 0 Å². The van der Waals surface area contributed by atoms with Crippen molar-refractivity contribution < 1.29 is 19.1 Å². The lowest BCUT2D eigenvalue weighted by molar-refractivity contribution is -0.146. The molecular formula is C7H12O4. The summed E-state index contributed by atoms with van der Waals surface area (Å²) in [6, 6.07) is 0. The van der Waals surface area contributed by atoms with Gasteiger partial charge >= 0.3 is 0 Å². The van der Waals surface area contributed by atoms with Crippen LogP contribution in [0.4, 0.5) is 0 Å². The summed E-state index contributed by atoms with van der Waals surface area (Å²) in [5, 5.41) is 0. The molecule has 0 aromatic rings. The molecule has 64 valence electrons. The first-order valence-corrected chi connectivity index (χ1v) is 3.21. The van der Waals surface area contributed by atoms with Gasteiger partial charge in [-0.1, -0.05) is 0 Å². The van der Waals surface area contributed by atoms with E-state index in [1.165, 1.54) is 21.1 Å². The number of carbonyl (C=O) groups is 2. The van der Waals surface area contributed by atoms with Gasteiger partial charge in [0.2, 0.25) is 5.78 Å². The van der Waals surface area contributed by atoms with Gasteiger partial charge in [-0.2, -0.15) is 0 Å². The molecule has 0 unspecified atom stereocenters. The molecule has 0 spiro atoms. The quantitative estimate of drug-likeness (QED) is 0.424. The number of Topliss-reactive ketones (excluding diaryl/α,β-unsaturated/α-hetero) is 2. The molecule has 4 nitrogen and oxygen atoms in total. The molecule has 4 heteroatoms. The van der Waals surface area contributed by atoms with E-state index in [-0.39, 0.29) is 6.42 Å². The summed E-state index contributed by atoms with van der Waals surface area (Å²) in [5.41, 5.74) is 0. The van der Waals surface area contributed by atoms with E-state index in [4.69, 9.17) is 9.47 Å². The van der Waals surface area contributed by atoms with Gasteiger partial charge in [0.25, 0.3) is 0 Å². The number of methoxy groups -OCH3 is 2. The van der Waals surface area contributed by atoms with Gasteiger partial charge in [-0.05, 0) is 0 Å². The Hall–Kier alpha value is -0.740. The van der Waals surface area contributed by atoms with Crippen LogP contribution in [-0.2, 0) is 19.1 Å². The molecule has 0 aliphatic rings. The van der Waals surface area contributed by atoms with Crippen LogP contribution in [0.15, 0.2) is 0 Å². The van der Waals surface area contributed by atoms with Crippen LogP contribution in [0.1, 0.15) is 13.3 Å². The normalized spacial score (nSPS) is 10.2. The average molecular weight is 160 g/mol. The first-order valence-electron chi connectivity index (χ1n) is 3.21. The molecule has 0 bridgehead atoms. The second-order valence-corrected chi connectivity index (χ2v) is 2.08. The molecule has 0 saturated carbocycles. The summed E-state index contributed by atoms with van der Waals surface area (Å²) in [4.78, 5) is 21.2. The van der Waals surface area contributed by atoms with Gasteiger partial charge in [-0.25, -0.2) is 0 Å². The maximum Gasteiger partial charge on any atom is 0.203 e. The molecule has 0 saturated heterocycles. The van der Waals surface area contributed by atoms with Gasteiger partial charge in [0.15, 0.2) is 12.1 Å². The summed E-state index contributed by atoms with van der Waals surface area (Å²) < 4.78 is 9.45. The van der Waals surface area contributed by atoms with E-state index in [1.807, 2.05) is 0 Å². The van der Waals surface area contributed by atoms with Crippen molar-refractivity contribution in [1.82, 2.24) is 0 Å². The Bertz CT molecular complexity index is 149. The zero-order valence-corrected chi connectivity index (χ0v) is 6.92. The Labute approximate surface area is 65.5 Å². The highest BCUT2D eigenvalue weighted by Crippen LogP contribution is 1.98. The number of ketones is 2. The monoisotopic (exact) mass is 160 g/mol. The predicted octanol–water partition coefficient (Wildman–Crippen LogP) is 0.153. The van der Waals surface area contributed by atoms with E-state index in [2.05, 4.69) is 0 Å². The third-order valence-corrected chi connectivity index (χ3v) is 1.27. The summed E-state index contributed by atoms with van der Waals surface area (Å²) in [6.07, 6.45) is -0.617. The molecule has 0 heterocycles. The molecule has 0 radical (unpaired) electrons. The molecule has 0 fully saturated rings. The maximum atomic E-state index is 10.8. The van der Waals surface area contributed by atoms with Crippen molar-refractivity contribution in [1.29, 1.82) is 0 Å². The van der Waals surface area contributed by atoms with E-state index in [1.54, 1.807) is 0 Å². The highest BCUT2D eigenvalue weighted by atomic mass is 16.7. The second kappa shape index (κ2) is 4.98. The number of carbonyl (C=O) groups excluding carboxylic acids is 2. The fraction of sp³-hybridized carbons (Fsp3) is 0.714. The van der Waals surface area contributed by atoms with Crippen molar-refractivity contribution in [2.24, 2.45) is 0 Å². The van der Waals surface area contributed by atoms with Crippen LogP contribution in [0.2, 0.25) is 0 Å². The Balaban J connectivity index is 3.81. The second-order valence-electron chi connectivity index (χ2n) is 2.08. The van der Waals surface area contributed by atoms with Crippen molar-refractivity contribution >= 4 is 11.6 Å². The Kier molecular flexibility index (Phi) is 4.65. The Morgan fingerprint density at radius 1 is 1.27 bits per heavy atom. The summed E-state index contributed by atoms with van der Waals surface area (Å²) >= 11 is 0. The Morgan fingerprint density at radius 2 is 1.73 bits per heavy atom. The van der Waals surface area contributed by atoms with E-state index >= 15 is 0 Å². The van der Waals surface area contributed by atoms with Gasteiger partial charge in [-0.15, -0.1) is 0 Å². The minimum absolute atomic E-state index is 0.0116. The average Bonchev–Trinajstić information content (AvgIpc) is 1.99. The van der Waals surface area contributed by atoms with Crippen molar-refractivity contribution in [3.63, 3.8) is 0 Å². The van der Waals surface area contributed by atoms with Crippen LogP contribution >= 0.6 is 0 Å². The fourth-order valence-electron chi connectivity index (χ4n) is 0.558. The van der Waals surface area contributed by atoms with Crippen molar-refractivity contribution in [3.05, 3.63) is 0 Å². The van der Waals surface area contributed by atoms with Gasteiger partial charge in [0.05, 0.1) is 6.42 Å². The standard InChI is InChI=1S/C7H12O4/c1-5(8)6(9)4-7(10-2)11-3/h7H,4H2,1-3H3. The molecule has 0 rings (SSSR count). The van der Waals surface area contributed by atoms with Crippen LogP contribution in [0.5, 0.6) is 0 Å².